The molecule has 2 aromatic carbocycles. The molecule has 37 heavy (non-hydrogen) atoms. The van der Waals surface area contributed by atoms with Gasteiger partial charge in [0.2, 0.25) is 5.41 Å². The molecule has 192 valence electrons. The van der Waals surface area contributed by atoms with Gasteiger partial charge in [-0.2, -0.15) is 5.10 Å². The molecular formula is C27H26N2O8. The number of ether oxygens (including phenoxy) is 4. The van der Waals surface area contributed by atoms with Crippen LogP contribution in [0.25, 0.3) is 0 Å². The van der Waals surface area contributed by atoms with E-state index < -0.39 is 47.1 Å². The molecular weight excluding hydrogens is 480 g/mol. The molecule has 10 heteroatoms. The largest absolute Gasteiger partial charge is 0.493 e. The molecule has 0 bridgehead atoms. The molecule has 2 aromatic rings. The number of hydrazone groups is 1. The van der Waals surface area contributed by atoms with Crippen LogP contribution >= 0.6 is 0 Å². The van der Waals surface area contributed by atoms with Gasteiger partial charge < -0.3 is 18.9 Å². The average molecular weight is 507 g/mol. The minimum Gasteiger partial charge on any atom is -0.493 e. The number of carbonyl (C=O) groups excluding carboxylic acids is 4. The maximum atomic E-state index is 14.0. The number of methoxy groups -OCH3 is 1. The zero-order valence-electron chi connectivity index (χ0n) is 21.0. The third-order valence-corrected chi connectivity index (χ3v) is 6.98. The lowest BCUT2D eigenvalue weighted by atomic mass is 9.65. The van der Waals surface area contributed by atoms with Crippen LogP contribution < -0.4 is 9.47 Å². The predicted octanol–water partition coefficient (Wildman–Crippen LogP) is 2.89. The van der Waals surface area contributed by atoms with Crippen LogP contribution in [0.1, 0.15) is 56.3 Å². The Labute approximate surface area is 213 Å². The third kappa shape index (κ3) is 3.58. The zero-order valence-corrected chi connectivity index (χ0v) is 21.0. The molecule has 3 aliphatic rings. The Balaban J connectivity index is 1.79. The SMILES string of the molecule is COc1cc([C@@H]2[C@H](C(C)=O)N3N=Cc4ccccc4[C@@H]3C23C(=O)OC(C)(C)OC3=O)ccc1OC(C)=O. The topological polar surface area (TPSA) is 121 Å². The number of cyclic esters (lactones) is 2. The Kier molecular flexibility index (Phi) is 5.58. The summed E-state index contributed by atoms with van der Waals surface area (Å²) >= 11 is 0. The molecule has 3 atom stereocenters. The second kappa shape index (κ2) is 8.43. The lowest BCUT2D eigenvalue weighted by Crippen LogP contribution is -2.58. The summed E-state index contributed by atoms with van der Waals surface area (Å²) in [5, 5.41) is 6.04. The minimum absolute atomic E-state index is 0.154. The van der Waals surface area contributed by atoms with Gasteiger partial charge in [-0.1, -0.05) is 30.3 Å². The second-order valence-corrected chi connectivity index (χ2v) is 9.74. The Bertz CT molecular complexity index is 1340. The average Bonchev–Trinajstić information content (AvgIpc) is 3.15. The van der Waals surface area contributed by atoms with Crippen molar-refractivity contribution in [2.45, 2.75) is 51.5 Å². The first kappa shape index (κ1) is 24.5. The van der Waals surface area contributed by atoms with Crippen molar-refractivity contribution in [1.82, 2.24) is 5.01 Å². The standard InChI is InChI=1S/C27H26N2O8/c1-14(30)22-21(16-10-11-19(35-15(2)31)20(12-16)34-5)27(24(32)36-26(3,4)37-25(27)33)23-18-9-7-6-8-17(18)13-28-29(22)23/h6-13,21-23H,1-5H3/t21-,22+,23-/m1/s1. The molecule has 0 aromatic heterocycles. The summed E-state index contributed by atoms with van der Waals surface area (Å²) in [4.78, 5) is 52.8. The van der Waals surface area contributed by atoms with E-state index in [4.69, 9.17) is 18.9 Å². The monoisotopic (exact) mass is 506 g/mol. The molecule has 3 aliphatic heterocycles. The van der Waals surface area contributed by atoms with E-state index in [2.05, 4.69) is 5.10 Å². The Morgan fingerprint density at radius 1 is 1.00 bits per heavy atom. The third-order valence-electron chi connectivity index (χ3n) is 6.98. The fourth-order valence-electron chi connectivity index (χ4n) is 5.65. The highest BCUT2D eigenvalue weighted by Crippen LogP contribution is 2.63. The van der Waals surface area contributed by atoms with Crippen molar-refractivity contribution in [3.05, 3.63) is 59.2 Å². The van der Waals surface area contributed by atoms with E-state index >= 15 is 0 Å². The molecule has 10 nitrogen and oxygen atoms in total. The first-order valence-electron chi connectivity index (χ1n) is 11.8. The normalized spacial score (nSPS) is 24.6. The van der Waals surface area contributed by atoms with E-state index in [1.54, 1.807) is 30.5 Å². The van der Waals surface area contributed by atoms with Crippen molar-refractivity contribution in [3.63, 3.8) is 0 Å². The number of Topliss-reactive ketones (excluding diaryl/α,β-unsaturated/α-hetero) is 1. The number of ketones is 1. The highest BCUT2D eigenvalue weighted by atomic mass is 16.7. The first-order chi connectivity index (χ1) is 17.5. The number of nitrogens with zero attached hydrogens (tertiary/aromatic N) is 2. The smallest absolute Gasteiger partial charge is 0.330 e. The fraction of sp³-hybridized carbons (Fsp3) is 0.370. The molecule has 0 unspecified atom stereocenters. The van der Waals surface area contributed by atoms with Crippen LogP contribution in [0.3, 0.4) is 0 Å². The maximum absolute atomic E-state index is 14.0. The summed E-state index contributed by atoms with van der Waals surface area (Å²) in [6, 6.07) is 9.89. The number of esters is 3. The summed E-state index contributed by atoms with van der Waals surface area (Å²) in [6.07, 6.45) is 1.60. The summed E-state index contributed by atoms with van der Waals surface area (Å²) in [5.74, 6) is -4.68. The van der Waals surface area contributed by atoms with E-state index in [-0.39, 0.29) is 17.3 Å². The number of hydrogen-bond donors (Lipinski definition) is 0. The Morgan fingerprint density at radius 3 is 2.30 bits per heavy atom. The number of rotatable bonds is 4. The van der Waals surface area contributed by atoms with Crippen LogP contribution in [-0.4, -0.2) is 53.9 Å². The quantitative estimate of drug-likeness (QED) is 0.350. The van der Waals surface area contributed by atoms with Gasteiger partial charge in [-0.15, -0.1) is 0 Å². The number of benzene rings is 2. The van der Waals surface area contributed by atoms with Crippen LogP contribution in [0.15, 0.2) is 47.6 Å². The van der Waals surface area contributed by atoms with Gasteiger partial charge in [-0.05, 0) is 35.7 Å². The van der Waals surface area contributed by atoms with Gasteiger partial charge in [-0.25, -0.2) is 0 Å². The van der Waals surface area contributed by atoms with Gasteiger partial charge in [-0.3, -0.25) is 24.2 Å². The Hall–Kier alpha value is -4.21. The van der Waals surface area contributed by atoms with Gasteiger partial charge in [0.15, 0.2) is 17.3 Å². The summed E-state index contributed by atoms with van der Waals surface area (Å²) < 4.78 is 22.0. The maximum Gasteiger partial charge on any atom is 0.330 e. The first-order valence-corrected chi connectivity index (χ1v) is 11.8. The summed E-state index contributed by atoms with van der Waals surface area (Å²) in [7, 11) is 1.40. The van der Waals surface area contributed by atoms with Crippen LogP contribution in [0.4, 0.5) is 0 Å². The van der Waals surface area contributed by atoms with E-state index in [0.717, 1.165) is 0 Å². The van der Waals surface area contributed by atoms with Crippen molar-refractivity contribution < 1.29 is 38.1 Å². The van der Waals surface area contributed by atoms with Gasteiger partial charge in [0.05, 0.1) is 13.3 Å². The number of carbonyl (C=O) groups is 4. The van der Waals surface area contributed by atoms with Crippen molar-refractivity contribution in [2.75, 3.05) is 7.11 Å². The molecule has 1 spiro atoms. The fourth-order valence-corrected chi connectivity index (χ4v) is 5.65. The van der Waals surface area contributed by atoms with Gasteiger partial charge in [0, 0.05) is 26.7 Å². The van der Waals surface area contributed by atoms with Gasteiger partial charge in [0.25, 0.3) is 5.79 Å². The van der Waals surface area contributed by atoms with E-state index in [0.29, 0.717) is 16.7 Å². The summed E-state index contributed by atoms with van der Waals surface area (Å²) in [5.41, 5.74) is -0.195. The van der Waals surface area contributed by atoms with E-state index in [1.807, 2.05) is 12.1 Å². The minimum atomic E-state index is -1.96. The highest BCUT2D eigenvalue weighted by Gasteiger charge is 2.74. The van der Waals surface area contributed by atoms with Crippen LogP contribution in [0, 0.1) is 5.41 Å². The van der Waals surface area contributed by atoms with Crippen molar-refractivity contribution in [1.29, 1.82) is 0 Å². The summed E-state index contributed by atoms with van der Waals surface area (Å²) in [6.45, 7) is 5.60. The number of hydrogen-bond acceptors (Lipinski definition) is 10. The number of fused-ring (bicyclic) bond motifs is 4. The molecule has 3 heterocycles. The molecule has 0 amide bonds. The molecule has 2 saturated heterocycles. The van der Waals surface area contributed by atoms with Gasteiger partial charge in [0.1, 0.15) is 12.1 Å². The lowest BCUT2D eigenvalue weighted by molar-refractivity contribution is -0.254. The van der Waals surface area contributed by atoms with E-state index in [9.17, 15) is 19.2 Å². The molecule has 0 N–H and O–H groups in total. The highest BCUT2D eigenvalue weighted by molar-refractivity contribution is 6.07. The molecule has 0 aliphatic carbocycles. The van der Waals surface area contributed by atoms with Gasteiger partial charge >= 0.3 is 17.9 Å². The van der Waals surface area contributed by atoms with Crippen molar-refractivity contribution >= 4 is 29.9 Å². The molecule has 5 rings (SSSR count). The molecule has 0 radical (unpaired) electrons. The van der Waals surface area contributed by atoms with Crippen molar-refractivity contribution in [2.24, 2.45) is 10.5 Å². The molecule has 0 saturated carbocycles. The predicted molar refractivity (Wildman–Crippen MR) is 129 cm³/mol. The second-order valence-electron chi connectivity index (χ2n) is 9.74. The van der Waals surface area contributed by atoms with Crippen LogP contribution in [-0.2, 0) is 28.7 Å². The van der Waals surface area contributed by atoms with Crippen LogP contribution in [0.5, 0.6) is 11.5 Å². The van der Waals surface area contributed by atoms with Crippen molar-refractivity contribution in [3.8, 4) is 11.5 Å². The lowest BCUT2D eigenvalue weighted by Gasteiger charge is -2.44. The van der Waals surface area contributed by atoms with Crippen LogP contribution in [0.2, 0.25) is 0 Å². The molecule has 2 fully saturated rings. The zero-order chi connectivity index (χ0) is 26.7. The Morgan fingerprint density at radius 2 is 1.68 bits per heavy atom. The van der Waals surface area contributed by atoms with E-state index in [1.165, 1.54) is 45.9 Å².